The predicted molar refractivity (Wildman–Crippen MR) is 98.7 cm³/mol. The molecule has 0 aliphatic heterocycles. The standard InChI is InChI=1S/C19H17F2N3O4/c1-2-24-14-8-7-11(9-13(14)23-17(26)18(24)27)16(25)22-10-12-5-3-4-6-15(12)28-19(20)21/h3-9,19H,2,10H2,1H3,(H,22,25)(H,23,26). The van der Waals surface area contributed by atoms with Gasteiger partial charge in [0.25, 0.3) is 5.91 Å². The summed E-state index contributed by atoms with van der Waals surface area (Å²) in [7, 11) is 0. The second-order valence-corrected chi connectivity index (χ2v) is 5.90. The van der Waals surface area contributed by atoms with Crippen molar-refractivity contribution < 1.29 is 18.3 Å². The molecule has 3 aromatic rings. The van der Waals surface area contributed by atoms with Crippen molar-refractivity contribution in [3.05, 3.63) is 74.3 Å². The van der Waals surface area contributed by atoms with E-state index in [1.54, 1.807) is 31.2 Å². The molecule has 0 spiro atoms. The number of aromatic amines is 1. The van der Waals surface area contributed by atoms with E-state index in [1.165, 1.54) is 22.8 Å². The molecule has 0 saturated heterocycles. The van der Waals surface area contributed by atoms with E-state index in [1.807, 2.05) is 0 Å². The normalized spacial score (nSPS) is 11.0. The van der Waals surface area contributed by atoms with Crippen LogP contribution in [0.3, 0.4) is 0 Å². The summed E-state index contributed by atoms with van der Waals surface area (Å²) < 4.78 is 30.7. The van der Waals surface area contributed by atoms with Crippen molar-refractivity contribution in [3.63, 3.8) is 0 Å². The first-order chi connectivity index (χ1) is 13.4. The molecule has 1 amide bonds. The lowest BCUT2D eigenvalue weighted by Crippen LogP contribution is -2.36. The van der Waals surface area contributed by atoms with Gasteiger partial charge in [-0.3, -0.25) is 14.4 Å². The second kappa shape index (κ2) is 8.03. The molecule has 1 heterocycles. The number of alkyl halides is 2. The summed E-state index contributed by atoms with van der Waals surface area (Å²) in [6.07, 6.45) is 0. The number of aromatic nitrogens is 2. The maximum Gasteiger partial charge on any atom is 0.387 e. The van der Waals surface area contributed by atoms with Crippen LogP contribution in [0.5, 0.6) is 5.75 Å². The minimum Gasteiger partial charge on any atom is -0.434 e. The number of benzene rings is 2. The third-order valence-corrected chi connectivity index (χ3v) is 4.18. The van der Waals surface area contributed by atoms with Crippen LogP contribution in [0.4, 0.5) is 8.78 Å². The highest BCUT2D eigenvalue weighted by molar-refractivity contribution is 5.97. The van der Waals surface area contributed by atoms with Crippen LogP contribution in [0.2, 0.25) is 0 Å². The molecule has 9 heteroatoms. The lowest BCUT2D eigenvalue weighted by atomic mass is 10.1. The Kier molecular flexibility index (Phi) is 5.53. The number of H-pyrrole nitrogens is 1. The van der Waals surface area contributed by atoms with Gasteiger partial charge in [0.2, 0.25) is 0 Å². The molecule has 0 fully saturated rings. The Hall–Kier alpha value is -3.49. The van der Waals surface area contributed by atoms with Crippen molar-refractivity contribution in [2.45, 2.75) is 26.6 Å². The van der Waals surface area contributed by atoms with Gasteiger partial charge in [-0.1, -0.05) is 18.2 Å². The SMILES string of the molecule is CCn1c(=O)c(=O)[nH]c2cc(C(=O)NCc3ccccc3OC(F)F)ccc21. The van der Waals surface area contributed by atoms with E-state index < -0.39 is 23.6 Å². The molecule has 0 atom stereocenters. The Morgan fingerprint density at radius 3 is 2.68 bits per heavy atom. The van der Waals surface area contributed by atoms with Gasteiger partial charge >= 0.3 is 17.7 Å². The van der Waals surface area contributed by atoms with E-state index in [2.05, 4.69) is 15.0 Å². The van der Waals surface area contributed by atoms with Crippen LogP contribution in [0.15, 0.2) is 52.1 Å². The van der Waals surface area contributed by atoms with Crippen LogP contribution in [0.25, 0.3) is 11.0 Å². The number of hydrogen-bond donors (Lipinski definition) is 2. The minimum atomic E-state index is -2.97. The van der Waals surface area contributed by atoms with Crippen molar-refractivity contribution in [2.75, 3.05) is 0 Å². The third-order valence-electron chi connectivity index (χ3n) is 4.18. The summed E-state index contributed by atoms with van der Waals surface area (Å²) in [5.41, 5.74) is 0.0505. The predicted octanol–water partition coefficient (Wildman–Crippen LogP) is 2.24. The molecule has 0 bridgehead atoms. The van der Waals surface area contributed by atoms with E-state index >= 15 is 0 Å². The number of nitrogens with one attached hydrogen (secondary N) is 2. The highest BCUT2D eigenvalue weighted by Crippen LogP contribution is 2.20. The fourth-order valence-electron chi connectivity index (χ4n) is 2.87. The van der Waals surface area contributed by atoms with Gasteiger partial charge in [0, 0.05) is 24.2 Å². The van der Waals surface area contributed by atoms with Gasteiger partial charge in [-0.25, -0.2) is 0 Å². The van der Waals surface area contributed by atoms with Gasteiger partial charge in [-0.15, -0.1) is 0 Å². The number of aryl methyl sites for hydroxylation is 1. The second-order valence-electron chi connectivity index (χ2n) is 5.90. The maximum absolute atomic E-state index is 12.5. The number of fused-ring (bicyclic) bond motifs is 1. The van der Waals surface area contributed by atoms with Gasteiger partial charge in [0.05, 0.1) is 11.0 Å². The molecule has 0 saturated carbocycles. The van der Waals surface area contributed by atoms with Gasteiger partial charge in [-0.05, 0) is 31.2 Å². The van der Waals surface area contributed by atoms with Gasteiger partial charge in [0.1, 0.15) is 5.75 Å². The summed E-state index contributed by atoms with van der Waals surface area (Å²) in [5, 5.41) is 2.62. The number of nitrogens with zero attached hydrogens (tertiary/aromatic N) is 1. The quantitative estimate of drug-likeness (QED) is 0.633. The number of carbonyl (C=O) groups is 1. The molecule has 2 aromatic carbocycles. The molecule has 7 nitrogen and oxygen atoms in total. The Balaban J connectivity index is 1.84. The summed E-state index contributed by atoms with van der Waals surface area (Å²) >= 11 is 0. The smallest absolute Gasteiger partial charge is 0.387 e. The van der Waals surface area contributed by atoms with E-state index in [9.17, 15) is 23.2 Å². The van der Waals surface area contributed by atoms with Crippen molar-refractivity contribution in [2.24, 2.45) is 0 Å². The average molecular weight is 389 g/mol. The van der Waals surface area contributed by atoms with Crippen molar-refractivity contribution in [1.29, 1.82) is 0 Å². The van der Waals surface area contributed by atoms with Gasteiger partial charge in [-0.2, -0.15) is 8.78 Å². The van der Waals surface area contributed by atoms with E-state index in [-0.39, 0.29) is 17.9 Å². The zero-order valence-corrected chi connectivity index (χ0v) is 14.9. The number of para-hydroxylation sites is 1. The summed E-state index contributed by atoms with van der Waals surface area (Å²) in [4.78, 5) is 38.5. The molecule has 1 aromatic heterocycles. The Labute approximate surface area is 157 Å². The monoisotopic (exact) mass is 389 g/mol. The van der Waals surface area contributed by atoms with E-state index in [0.717, 1.165) is 0 Å². The molecule has 0 aliphatic rings. The number of halogens is 2. The van der Waals surface area contributed by atoms with Crippen LogP contribution in [-0.2, 0) is 13.1 Å². The van der Waals surface area contributed by atoms with Crippen LogP contribution in [0.1, 0.15) is 22.8 Å². The van der Waals surface area contributed by atoms with Crippen LogP contribution in [0, 0.1) is 0 Å². The van der Waals surface area contributed by atoms with Crippen molar-refractivity contribution in [3.8, 4) is 5.75 Å². The minimum absolute atomic E-state index is 0.0207. The van der Waals surface area contributed by atoms with Crippen molar-refractivity contribution in [1.82, 2.24) is 14.9 Å². The molecule has 146 valence electrons. The fourth-order valence-corrected chi connectivity index (χ4v) is 2.87. The zero-order chi connectivity index (χ0) is 20.3. The molecule has 3 rings (SSSR count). The van der Waals surface area contributed by atoms with Crippen LogP contribution < -0.4 is 21.2 Å². The first-order valence-corrected chi connectivity index (χ1v) is 8.48. The van der Waals surface area contributed by atoms with Crippen molar-refractivity contribution >= 4 is 16.9 Å². The lowest BCUT2D eigenvalue weighted by molar-refractivity contribution is -0.0504. The third kappa shape index (κ3) is 3.93. The fraction of sp³-hybridized carbons (Fsp3) is 0.211. The topological polar surface area (TPSA) is 93.2 Å². The highest BCUT2D eigenvalue weighted by atomic mass is 19.3. The molecular weight excluding hydrogens is 372 g/mol. The first kappa shape index (κ1) is 19.3. The lowest BCUT2D eigenvalue weighted by Gasteiger charge is -2.12. The Morgan fingerprint density at radius 2 is 1.96 bits per heavy atom. The Bertz CT molecular complexity index is 1140. The number of amides is 1. The number of ether oxygens (including phenoxy) is 1. The zero-order valence-electron chi connectivity index (χ0n) is 14.9. The largest absolute Gasteiger partial charge is 0.434 e. The first-order valence-electron chi connectivity index (χ1n) is 8.48. The van der Waals surface area contributed by atoms with Gasteiger partial charge < -0.3 is 19.6 Å². The molecule has 0 radical (unpaired) electrons. The van der Waals surface area contributed by atoms with Gasteiger partial charge in [0.15, 0.2) is 0 Å². The number of carbonyl (C=O) groups excluding carboxylic acids is 1. The molecule has 28 heavy (non-hydrogen) atoms. The van der Waals surface area contributed by atoms with Crippen LogP contribution >= 0.6 is 0 Å². The molecular formula is C19H17F2N3O4. The van der Waals surface area contributed by atoms with Crippen LogP contribution in [-0.4, -0.2) is 22.1 Å². The number of rotatable bonds is 6. The molecule has 2 N–H and O–H groups in total. The molecule has 0 aliphatic carbocycles. The maximum atomic E-state index is 12.5. The summed E-state index contributed by atoms with van der Waals surface area (Å²) in [6, 6.07) is 10.7. The average Bonchev–Trinajstić information content (AvgIpc) is 2.67. The summed E-state index contributed by atoms with van der Waals surface area (Å²) in [5.74, 6) is -0.489. The molecule has 0 unspecified atom stereocenters. The number of hydrogen-bond acceptors (Lipinski definition) is 4. The summed E-state index contributed by atoms with van der Waals surface area (Å²) in [6.45, 7) is -0.943. The van der Waals surface area contributed by atoms with E-state index in [0.29, 0.717) is 23.1 Å². The van der Waals surface area contributed by atoms with E-state index in [4.69, 9.17) is 0 Å². The Morgan fingerprint density at radius 1 is 1.21 bits per heavy atom. The highest BCUT2D eigenvalue weighted by Gasteiger charge is 2.13.